The molecule has 0 aliphatic carbocycles. The molecule has 1 N–H and O–H groups in total. The van der Waals surface area contributed by atoms with Gasteiger partial charge in [0.25, 0.3) is 5.91 Å². The average Bonchev–Trinajstić information content (AvgIpc) is 2.77. The molecule has 30 heavy (non-hydrogen) atoms. The van der Waals surface area contributed by atoms with Crippen LogP contribution in [0.25, 0.3) is 6.08 Å². The summed E-state index contributed by atoms with van der Waals surface area (Å²) in [5.41, 5.74) is 0.656. The molecule has 7 nitrogen and oxygen atoms in total. The molecule has 0 aliphatic rings. The fourth-order valence-electron chi connectivity index (χ4n) is 2.46. The molecule has 0 bridgehead atoms. The lowest BCUT2D eigenvalue weighted by atomic mass is 10.1. The van der Waals surface area contributed by atoms with Crippen molar-refractivity contribution in [1.82, 2.24) is 5.32 Å². The summed E-state index contributed by atoms with van der Waals surface area (Å²) in [5, 5.41) is 11.9. The molecule has 0 radical (unpaired) electrons. The summed E-state index contributed by atoms with van der Waals surface area (Å²) in [6, 6.07) is 15.4. The highest BCUT2D eigenvalue weighted by molar-refractivity contribution is 6.01. The molecule has 0 saturated carbocycles. The first-order valence-corrected chi connectivity index (χ1v) is 9.54. The summed E-state index contributed by atoms with van der Waals surface area (Å²) < 4.78 is 15.8. The Morgan fingerprint density at radius 2 is 1.80 bits per heavy atom. The number of ether oxygens (including phenoxy) is 3. The maximum absolute atomic E-state index is 12.0. The van der Waals surface area contributed by atoms with Gasteiger partial charge in [-0.25, -0.2) is 4.79 Å². The van der Waals surface area contributed by atoms with E-state index in [0.717, 1.165) is 12.8 Å². The van der Waals surface area contributed by atoms with Gasteiger partial charge >= 0.3 is 5.97 Å². The monoisotopic (exact) mass is 408 g/mol. The number of nitriles is 1. The van der Waals surface area contributed by atoms with E-state index in [2.05, 4.69) is 5.32 Å². The highest BCUT2D eigenvalue weighted by atomic mass is 16.6. The number of nitrogens with zero attached hydrogens (tertiary/aromatic N) is 1. The van der Waals surface area contributed by atoms with E-state index in [9.17, 15) is 14.9 Å². The van der Waals surface area contributed by atoms with Crippen LogP contribution in [0.4, 0.5) is 0 Å². The fraction of sp³-hybridized carbons (Fsp3) is 0.261. The normalized spacial score (nSPS) is 10.6. The van der Waals surface area contributed by atoms with Gasteiger partial charge in [-0.05, 0) is 42.3 Å². The quantitative estimate of drug-likeness (QED) is 0.212. The standard InChI is InChI=1S/C23H24N2O5/c1-3-4-13-25-23(27)18(15-24)14-17-9-11-19(12-10-17)30-22(26)16-29-21-8-6-5-7-20(21)28-2/h5-12,14H,3-4,13,16H2,1-2H3,(H,25,27)/b18-14+. The minimum Gasteiger partial charge on any atom is -0.493 e. The van der Waals surface area contributed by atoms with Crippen molar-refractivity contribution in [1.29, 1.82) is 5.26 Å². The number of methoxy groups -OCH3 is 1. The third-order valence-electron chi connectivity index (χ3n) is 4.02. The third kappa shape index (κ3) is 6.99. The molecule has 2 aromatic carbocycles. The van der Waals surface area contributed by atoms with Gasteiger partial charge in [-0.15, -0.1) is 0 Å². The summed E-state index contributed by atoms with van der Waals surface area (Å²) in [5.74, 6) is 0.311. The van der Waals surface area contributed by atoms with Gasteiger partial charge in [-0.1, -0.05) is 37.6 Å². The van der Waals surface area contributed by atoms with Gasteiger partial charge in [0.1, 0.15) is 17.4 Å². The molecule has 0 aromatic heterocycles. The van der Waals surface area contributed by atoms with Gasteiger partial charge in [0.2, 0.25) is 0 Å². The summed E-state index contributed by atoms with van der Waals surface area (Å²) in [6.45, 7) is 2.27. The first-order chi connectivity index (χ1) is 14.6. The number of esters is 1. The lowest BCUT2D eigenvalue weighted by Gasteiger charge is -2.10. The number of nitrogens with one attached hydrogen (secondary N) is 1. The molecular formula is C23H24N2O5. The minimum absolute atomic E-state index is 0.0149. The molecular weight excluding hydrogens is 384 g/mol. The summed E-state index contributed by atoms with van der Waals surface area (Å²) >= 11 is 0. The van der Waals surface area contributed by atoms with Crippen LogP contribution in [-0.2, 0) is 9.59 Å². The molecule has 0 saturated heterocycles. The second kappa shape index (κ2) is 11.9. The predicted octanol–water partition coefficient (Wildman–Crippen LogP) is 3.50. The minimum atomic E-state index is -0.572. The number of para-hydroxylation sites is 2. The fourth-order valence-corrected chi connectivity index (χ4v) is 2.46. The number of amides is 1. The molecule has 0 heterocycles. The van der Waals surface area contributed by atoms with Gasteiger partial charge in [-0.2, -0.15) is 5.26 Å². The molecule has 0 fully saturated rings. The predicted molar refractivity (Wildman–Crippen MR) is 112 cm³/mol. The zero-order valence-electron chi connectivity index (χ0n) is 17.0. The average molecular weight is 408 g/mol. The van der Waals surface area contributed by atoms with Crippen LogP contribution >= 0.6 is 0 Å². The summed E-state index contributed by atoms with van der Waals surface area (Å²) in [6.07, 6.45) is 3.29. The molecule has 0 unspecified atom stereocenters. The second-order valence-electron chi connectivity index (χ2n) is 6.26. The van der Waals surface area contributed by atoms with Gasteiger partial charge < -0.3 is 19.5 Å². The lowest BCUT2D eigenvalue weighted by Crippen LogP contribution is -2.25. The third-order valence-corrected chi connectivity index (χ3v) is 4.02. The van der Waals surface area contributed by atoms with Crippen molar-refractivity contribution >= 4 is 18.0 Å². The van der Waals surface area contributed by atoms with Crippen LogP contribution in [-0.4, -0.2) is 32.1 Å². The van der Waals surface area contributed by atoms with Crippen LogP contribution in [0.5, 0.6) is 17.2 Å². The molecule has 2 rings (SSSR count). The van der Waals surface area contributed by atoms with Crippen molar-refractivity contribution in [3.63, 3.8) is 0 Å². The maximum atomic E-state index is 12.0. The number of unbranched alkanes of at least 4 members (excludes halogenated alkanes) is 1. The Hall–Kier alpha value is -3.79. The Balaban J connectivity index is 1.92. The zero-order chi connectivity index (χ0) is 21.8. The van der Waals surface area contributed by atoms with E-state index in [-0.39, 0.29) is 12.2 Å². The van der Waals surface area contributed by atoms with Crippen LogP contribution in [0, 0.1) is 11.3 Å². The number of hydrogen-bond acceptors (Lipinski definition) is 6. The number of hydrogen-bond donors (Lipinski definition) is 1. The maximum Gasteiger partial charge on any atom is 0.349 e. The van der Waals surface area contributed by atoms with Crippen molar-refractivity contribution in [2.45, 2.75) is 19.8 Å². The van der Waals surface area contributed by atoms with Gasteiger partial charge in [0, 0.05) is 6.54 Å². The largest absolute Gasteiger partial charge is 0.493 e. The van der Waals surface area contributed by atoms with E-state index in [0.29, 0.717) is 29.4 Å². The van der Waals surface area contributed by atoms with E-state index >= 15 is 0 Å². The molecule has 7 heteroatoms. The first kappa shape index (κ1) is 22.5. The van der Waals surface area contributed by atoms with E-state index in [4.69, 9.17) is 14.2 Å². The summed E-state index contributed by atoms with van der Waals surface area (Å²) in [7, 11) is 1.52. The van der Waals surface area contributed by atoms with E-state index < -0.39 is 11.9 Å². The molecule has 0 spiro atoms. The first-order valence-electron chi connectivity index (χ1n) is 9.54. The van der Waals surface area contributed by atoms with Crippen molar-refractivity contribution in [3.8, 4) is 23.3 Å². The number of carbonyl (C=O) groups is 2. The molecule has 1 amide bonds. The SMILES string of the molecule is CCCCNC(=O)/C(C#N)=C/c1ccc(OC(=O)COc2ccccc2OC)cc1. The Morgan fingerprint density at radius 3 is 2.43 bits per heavy atom. The summed E-state index contributed by atoms with van der Waals surface area (Å²) in [4.78, 5) is 24.0. The van der Waals surface area contributed by atoms with Crippen LogP contribution in [0.2, 0.25) is 0 Å². The van der Waals surface area contributed by atoms with E-state index in [1.54, 1.807) is 48.5 Å². The molecule has 0 atom stereocenters. The highest BCUT2D eigenvalue weighted by Gasteiger charge is 2.10. The van der Waals surface area contributed by atoms with Crippen LogP contribution in [0.1, 0.15) is 25.3 Å². The molecule has 0 aliphatic heterocycles. The van der Waals surface area contributed by atoms with Gasteiger partial charge in [0.05, 0.1) is 7.11 Å². The van der Waals surface area contributed by atoms with E-state index in [1.807, 2.05) is 13.0 Å². The molecule has 2 aromatic rings. The van der Waals surface area contributed by atoms with Gasteiger partial charge in [-0.3, -0.25) is 4.79 Å². The Bertz CT molecular complexity index is 929. The van der Waals surface area contributed by atoms with Gasteiger partial charge in [0.15, 0.2) is 18.1 Å². The second-order valence-corrected chi connectivity index (χ2v) is 6.26. The zero-order valence-corrected chi connectivity index (χ0v) is 17.0. The Kier molecular flexibility index (Phi) is 8.94. The van der Waals surface area contributed by atoms with Crippen molar-refractivity contribution in [2.75, 3.05) is 20.3 Å². The Morgan fingerprint density at radius 1 is 1.10 bits per heavy atom. The number of rotatable bonds is 10. The van der Waals surface area contributed by atoms with Crippen LogP contribution in [0.3, 0.4) is 0 Å². The van der Waals surface area contributed by atoms with Crippen molar-refractivity contribution < 1.29 is 23.8 Å². The number of carbonyl (C=O) groups excluding carboxylic acids is 2. The highest BCUT2D eigenvalue weighted by Crippen LogP contribution is 2.25. The number of benzene rings is 2. The topological polar surface area (TPSA) is 97.7 Å². The Labute approximate surface area is 175 Å². The van der Waals surface area contributed by atoms with Crippen molar-refractivity contribution in [2.24, 2.45) is 0 Å². The smallest absolute Gasteiger partial charge is 0.349 e. The van der Waals surface area contributed by atoms with Crippen LogP contribution in [0.15, 0.2) is 54.1 Å². The van der Waals surface area contributed by atoms with E-state index in [1.165, 1.54) is 13.2 Å². The molecule has 156 valence electrons. The van der Waals surface area contributed by atoms with Crippen molar-refractivity contribution in [3.05, 3.63) is 59.7 Å². The van der Waals surface area contributed by atoms with Crippen LogP contribution < -0.4 is 19.5 Å². The lowest BCUT2D eigenvalue weighted by molar-refractivity contribution is -0.136.